The van der Waals surface area contributed by atoms with E-state index < -0.39 is 12.0 Å². The SMILES string of the molecule is CN1CCOC(CNC(=O)N2CCCC2C(=O)O)C1. The van der Waals surface area contributed by atoms with E-state index in [4.69, 9.17) is 9.84 Å². The number of likely N-dealkylation sites (N-methyl/N-ethyl adjacent to an activating group) is 1. The van der Waals surface area contributed by atoms with Crippen LogP contribution in [0.5, 0.6) is 0 Å². The molecule has 0 aromatic heterocycles. The van der Waals surface area contributed by atoms with Crippen molar-refractivity contribution in [1.82, 2.24) is 15.1 Å². The lowest BCUT2D eigenvalue weighted by Crippen LogP contribution is -2.50. The smallest absolute Gasteiger partial charge is 0.326 e. The van der Waals surface area contributed by atoms with Gasteiger partial charge in [0.15, 0.2) is 0 Å². The van der Waals surface area contributed by atoms with Crippen molar-refractivity contribution in [2.75, 3.05) is 39.8 Å². The molecule has 2 aliphatic rings. The molecular formula is C12H21N3O4. The van der Waals surface area contributed by atoms with Crippen LogP contribution in [0.2, 0.25) is 0 Å². The molecule has 0 radical (unpaired) electrons. The van der Waals surface area contributed by atoms with E-state index in [9.17, 15) is 9.59 Å². The van der Waals surface area contributed by atoms with E-state index in [1.165, 1.54) is 4.90 Å². The van der Waals surface area contributed by atoms with Crippen LogP contribution in [0, 0.1) is 0 Å². The first-order chi connectivity index (χ1) is 9.08. The second-order valence-corrected chi connectivity index (χ2v) is 5.13. The topological polar surface area (TPSA) is 82.1 Å². The van der Waals surface area contributed by atoms with Gasteiger partial charge in [0, 0.05) is 26.2 Å². The van der Waals surface area contributed by atoms with Gasteiger partial charge < -0.3 is 25.0 Å². The standard InChI is InChI=1S/C12H21N3O4/c1-14-5-6-19-9(8-14)7-13-12(18)15-4-2-3-10(15)11(16)17/h9-10H,2-8H2,1H3,(H,13,18)(H,16,17). The number of ether oxygens (including phenoxy) is 1. The average Bonchev–Trinajstić information content (AvgIpc) is 2.85. The molecule has 2 aliphatic heterocycles. The Balaban J connectivity index is 1.79. The van der Waals surface area contributed by atoms with Gasteiger partial charge in [0.25, 0.3) is 0 Å². The van der Waals surface area contributed by atoms with Crippen LogP contribution in [0.3, 0.4) is 0 Å². The summed E-state index contributed by atoms with van der Waals surface area (Å²) in [4.78, 5) is 26.5. The van der Waals surface area contributed by atoms with E-state index in [-0.39, 0.29) is 12.1 Å². The van der Waals surface area contributed by atoms with E-state index in [0.717, 1.165) is 19.5 Å². The van der Waals surface area contributed by atoms with Gasteiger partial charge in [-0.25, -0.2) is 9.59 Å². The molecule has 0 aromatic rings. The lowest BCUT2D eigenvalue weighted by Gasteiger charge is -2.31. The summed E-state index contributed by atoms with van der Waals surface area (Å²) >= 11 is 0. The zero-order chi connectivity index (χ0) is 13.8. The first-order valence-electron chi connectivity index (χ1n) is 6.65. The van der Waals surface area contributed by atoms with E-state index in [1.54, 1.807) is 0 Å². The van der Waals surface area contributed by atoms with Crippen molar-refractivity contribution >= 4 is 12.0 Å². The van der Waals surface area contributed by atoms with Crippen LogP contribution < -0.4 is 5.32 Å². The number of likely N-dealkylation sites (tertiary alicyclic amines) is 1. The molecule has 2 atom stereocenters. The molecule has 2 fully saturated rings. The predicted octanol–water partition coefficient (Wildman–Crippen LogP) is -0.424. The first-order valence-corrected chi connectivity index (χ1v) is 6.65. The predicted molar refractivity (Wildman–Crippen MR) is 68.0 cm³/mol. The number of carbonyl (C=O) groups excluding carboxylic acids is 1. The number of carboxylic acid groups (broad SMARTS) is 1. The van der Waals surface area contributed by atoms with Crippen molar-refractivity contribution in [1.29, 1.82) is 0 Å². The molecule has 2 heterocycles. The van der Waals surface area contributed by atoms with Crippen LogP contribution in [-0.2, 0) is 9.53 Å². The Kier molecular flexibility index (Phi) is 4.60. The Morgan fingerprint density at radius 3 is 2.89 bits per heavy atom. The van der Waals surface area contributed by atoms with Crippen LogP contribution in [-0.4, -0.2) is 78.9 Å². The maximum absolute atomic E-state index is 12.0. The summed E-state index contributed by atoms with van der Waals surface area (Å²) < 4.78 is 5.54. The largest absolute Gasteiger partial charge is 0.480 e. The number of carboxylic acids is 1. The molecule has 0 aliphatic carbocycles. The van der Waals surface area contributed by atoms with Crippen molar-refractivity contribution in [3.63, 3.8) is 0 Å². The summed E-state index contributed by atoms with van der Waals surface area (Å²) in [5, 5.41) is 11.8. The fourth-order valence-corrected chi connectivity index (χ4v) is 2.56. The molecule has 2 N–H and O–H groups in total. The van der Waals surface area contributed by atoms with Gasteiger partial charge in [-0.15, -0.1) is 0 Å². The van der Waals surface area contributed by atoms with Gasteiger partial charge in [0.05, 0.1) is 12.7 Å². The van der Waals surface area contributed by atoms with E-state index in [0.29, 0.717) is 26.1 Å². The summed E-state index contributed by atoms with van der Waals surface area (Å²) in [5.74, 6) is -0.929. The van der Waals surface area contributed by atoms with Crippen LogP contribution in [0.4, 0.5) is 4.79 Å². The van der Waals surface area contributed by atoms with Crippen molar-refractivity contribution in [2.45, 2.75) is 25.0 Å². The third-order valence-electron chi connectivity index (χ3n) is 3.62. The molecule has 2 rings (SSSR count). The van der Waals surface area contributed by atoms with Crippen LogP contribution in [0.15, 0.2) is 0 Å². The first kappa shape index (κ1) is 14.1. The number of amides is 2. The lowest BCUT2D eigenvalue weighted by molar-refractivity contribution is -0.141. The molecule has 19 heavy (non-hydrogen) atoms. The molecule has 7 heteroatoms. The monoisotopic (exact) mass is 271 g/mol. The number of morpholine rings is 1. The van der Waals surface area contributed by atoms with Gasteiger partial charge in [-0.05, 0) is 19.9 Å². The fraction of sp³-hybridized carbons (Fsp3) is 0.833. The normalized spacial score (nSPS) is 28.4. The Hall–Kier alpha value is -1.34. The van der Waals surface area contributed by atoms with Gasteiger partial charge in [0.2, 0.25) is 0 Å². The number of hydrogen-bond acceptors (Lipinski definition) is 4. The van der Waals surface area contributed by atoms with Crippen LogP contribution >= 0.6 is 0 Å². The van der Waals surface area contributed by atoms with Gasteiger partial charge in [-0.1, -0.05) is 0 Å². The molecule has 0 saturated carbocycles. The van der Waals surface area contributed by atoms with Crippen molar-refractivity contribution in [3.05, 3.63) is 0 Å². The summed E-state index contributed by atoms with van der Waals surface area (Å²) in [6.07, 6.45) is 1.26. The highest BCUT2D eigenvalue weighted by atomic mass is 16.5. The van der Waals surface area contributed by atoms with Crippen molar-refractivity contribution < 1.29 is 19.4 Å². The number of urea groups is 1. The minimum Gasteiger partial charge on any atom is -0.480 e. The Labute approximate surface area is 112 Å². The molecular weight excluding hydrogens is 250 g/mol. The fourth-order valence-electron chi connectivity index (χ4n) is 2.56. The van der Waals surface area contributed by atoms with Gasteiger partial charge in [0.1, 0.15) is 6.04 Å². The number of aliphatic carboxylic acids is 1. The third kappa shape index (κ3) is 3.57. The minimum atomic E-state index is -0.929. The number of rotatable bonds is 3. The second kappa shape index (κ2) is 6.21. The average molecular weight is 271 g/mol. The highest BCUT2D eigenvalue weighted by Gasteiger charge is 2.34. The lowest BCUT2D eigenvalue weighted by atomic mass is 10.2. The highest BCUT2D eigenvalue weighted by Crippen LogP contribution is 2.17. The Morgan fingerprint density at radius 1 is 1.42 bits per heavy atom. The number of nitrogens with zero attached hydrogens (tertiary/aromatic N) is 2. The summed E-state index contributed by atoms with van der Waals surface area (Å²) in [5.41, 5.74) is 0. The van der Waals surface area contributed by atoms with Gasteiger partial charge in [-0.2, -0.15) is 0 Å². The molecule has 0 spiro atoms. The molecule has 7 nitrogen and oxygen atoms in total. The van der Waals surface area contributed by atoms with E-state index in [1.807, 2.05) is 7.05 Å². The zero-order valence-corrected chi connectivity index (χ0v) is 11.2. The highest BCUT2D eigenvalue weighted by molar-refractivity contribution is 5.83. The summed E-state index contributed by atoms with van der Waals surface area (Å²) in [6.45, 7) is 3.28. The summed E-state index contributed by atoms with van der Waals surface area (Å²) in [7, 11) is 2.01. The molecule has 108 valence electrons. The molecule has 2 saturated heterocycles. The third-order valence-corrected chi connectivity index (χ3v) is 3.62. The second-order valence-electron chi connectivity index (χ2n) is 5.13. The minimum absolute atomic E-state index is 0.0198. The number of nitrogens with one attached hydrogen (secondary N) is 1. The molecule has 0 aromatic carbocycles. The zero-order valence-electron chi connectivity index (χ0n) is 11.2. The number of hydrogen-bond donors (Lipinski definition) is 2. The van der Waals surface area contributed by atoms with Gasteiger partial charge >= 0.3 is 12.0 Å². The number of carbonyl (C=O) groups is 2. The molecule has 0 bridgehead atoms. The summed E-state index contributed by atoms with van der Waals surface area (Å²) in [6, 6.07) is -0.989. The van der Waals surface area contributed by atoms with Crippen molar-refractivity contribution in [3.8, 4) is 0 Å². The van der Waals surface area contributed by atoms with Crippen LogP contribution in [0.1, 0.15) is 12.8 Å². The Morgan fingerprint density at radius 2 is 2.21 bits per heavy atom. The van der Waals surface area contributed by atoms with E-state index in [2.05, 4.69) is 10.2 Å². The quantitative estimate of drug-likeness (QED) is 0.728. The molecule has 2 unspecified atom stereocenters. The molecule has 2 amide bonds. The van der Waals surface area contributed by atoms with Gasteiger partial charge in [-0.3, -0.25) is 0 Å². The maximum Gasteiger partial charge on any atom is 0.326 e. The van der Waals surface area contributed by atoms with Crippen molar-refractivity contribution in [2.24, 2.45) is 0 Å². The Bertz CT molecular complexity index is 350. The van der Waals surface area contributed by atoms with E-state index >= 15 is 0 Å². The van der Waals surface area contributed by atoms with Crippen LogP contribution in [0.25, 0.3) is 0 Å². The maximum atomic E-state index is 12.0.